The molecule has 0 aromatic carbocycles. The van der Waals surface area contributed by atoms with Crippen LogP contribution in [-0.2, 0) is 16.0 Å². The SMILES string of the molecule is CCc1nc(N2C[C@@H]3[C@H](CNC(=O)CSC)[C@H]4CC[C@]3(C2)O4)ccc1C. The fraction of sp³-hybridized carbons (Fsp3) is 0.700. The molecule has 26 heavy (non-hydrogen) atoms. The van der Waals surface area contributed by atoms with Crippen molar-refractivity contribution in [2.75, 3.05) is 36.5 Å². The summed E-state index contributed by atoms with van der Waals surface area (Å²) >= 11 is 1.57. The second kappa shape index (κ2) is 7.04. The van der Waals surface area contributed by atoms with Crippen molar-refractivity contribution in [2.24, 2.45) is 11.8 Å². The molecule has 6 heteroatoms. The minimum atomic E-state index is -0.0293. The second-order valence-electron chi connectivity index (χ2n) is 7.93. The van der Waals surface area contributed by atoms with Crippen LogP contribution in [0.25, 0.3) is 0 Å². The molecule has 3 fully saturated rings. The summed E-state index contributed by atoms with van der Waals surface area (Å²) in [6.45, 7) is 6.95. The molecule has 1 aromatic rings. The fourth-order valence-corrected chi connectivity index (χ4v) is 5.51. The van der Waals surface area contributed by atoms with Crippen LogP contribution in [0.1, 0.15) is 31.0 Å². The van der Waals surface area contributed by atoms with Crippen molar-refractivity contribution in [2.45, 2.75) is 44.8 Å². The number of hydrogen-bond acceptors (Lipinski definition) is 5. The van der Waals surface area contributed by atoms with Gasteiger partial charge >= 0.3 is 0 Å². The van der Waals surface area contributed by atoms with E-state index in [1.165, 1.54) is 11.3 Å². The number of fused-ring (bicyclic) bond motifs is 1. The first-order chi connectivity index (χ1) is 12.6. The monoisotopic (exact) mass is 375 g/mol. The summed E-state index contributed by atoms with van der Waals surface area (Å²) in [6, 6.07) is 4.33. The van der Waals surface area contributed by atoms with Crippen molar-refractivity contribution >= 4 is 23.5 Å². The maximum absolute atomic E-state index is 11.9. The van der Waals surface area contributed by atoms with Crippen LogP contribution in [0.5, 0.6) is 0 Å². The Morgan fingerprint density at radius 2 is 2.35 bits per heavy atom. The Morgan fingerprint density at radius 1 is 1.50 bits per heavy atom. The average Bonchev–Trinajstić information content (AvgIpc) is 3.29. The zero-order chi connectivity index (χ0) is 18.3. The number of nitrogens with zero attached hydrogens (tertiary/aromatic N) is 2. The van der Waals surface area contributed by atoms with E-state index in [0.717, 1.165) is 44.7 Å². The lowest BCUT2D eigenvalue weighted by molar-refractivity contribution is -0.118. The van der Waals surface area contributed by atoms with Gasteiger partial charge in [-0.15, -0.1) is 0 Å². The van der Waals surface area contributed by atoms with E-state index in [-0.39, 0.29) is 11.5 Å². The topological polar surface area (TPSA) is 54.5 Å². The highest BCUT2D eigenvalue weighted by molar-refractivity contribution is 7.99. The smallest absolute Gasteiger partial charge is 0.229 e. The van der Waals surface area contributed by atoms with E-state index in [1.54, 1.807) is 11.8 Å². The number of carbonyl (C=O) groups excluding carboxylic acids is 1. The summed E-state index contributed by atoms with van der Waals surface area (Å²) in [5.74, 6) is 2.66. The molecular weight excluding hydrogens is 346 g/mol. The highest BCUT2D eigenvalue weighted by Crippen LogP contribution is 2.55. The van der Waals surface area contributed by atoms with Gasteiger partial charge in [0.05, 0.1) is 17.5 Å². The summed E-state index contributed by atoms with van der Waals surface area (Å²) < 4.78 is 6.49. The van der Waals surface area contributed by atoms with Gasteiger partial charge in [0.2, 0.25) is 5.91 Å². The number of aryl methyl sites for hydroxylation is 2. The van der Waals surface area contributed by atoms with E-state index in [1.807, 2.05) is 6.26 Å². The van der Waals surface area contributed by atoms with Crippen LogP contribution in [-0.4, -0.2) is 54.2 Å². The molecule has 4 atom stereocenters. The molecule has 1 spiro atoms. The molecule has 1 N–H and O–H groups in total. The van der Waals surface area contributed by atoms with Crippen molar-refractivity contribution in [3.05, 3.63) is 23.4 Å². The third-order valence-corrected chi connectivity index (χ3v) is 6.99. The molecule has 4 heterocycles. The van der Waals surface area contributed by atoms with Gasteiger partial charge in [-0.3, -0.25) is 4.79 Å². The number of rotatable bonds is 6. The molecule has 0 radical (unpaired) electrons. The third kappa shape index (κ3) is 3.01. The van der Waals surface area contributed by atoms with Gasteiger partial charge in [-0.2, -0.15) is 11.8 Å². The summed E-state index contributed by atoms with van der Waals surface area (Å²) in [5, 5.41) is 3.13. The van der Waals surface area contributed by atoms with Crippen molar-refractivity contribution < 1.29 is 9.53 Å². The summed E-state index contributed by atoms with van der Waals surface area (Å²) in [7, 11) is 0. The number of pyridine rings is 1. The normalized spacial score (nSPS) is 32.1. The Kier molecular flexibility index (Phi) is 4.90. The number of nitrogens with one attached hydrogen (secondary N) is 1. The average molecular weight is 376 g/mol. The predicted molar refractivity (Wildman–Crippen MR) is 106 cm³/mol. The van der Waals surface area contributed by atoms with Crippen LogP contribution in [0, 0.1) is 18.8 Å². The largest absolute Gasteiger partial charge is 0.369 e. The molecule has 0 aliphatic carbocycles. The number of hydrogen-bond donors (Lipinski definition) is 1. The molecule has 0 unspecified atom stereocenters. The quantitative estimate of drug-likeness (QED) is 0.828. The van der Waals surface area contributed by atoms with Gasteiger partial charge in [0.15, 0.2) is 0 Å². The van der Waals surface area contributed by atoms with Gasteiger partial charge in [0.1, 0.15) is 5.82 Å². The van der Waals surface area contributed by atoms with Gasteiger partial charge < -0.3 is 15.0 Å². The van der Waals surface area contributed by atoms with Crippen molar-refractivity contribution in [3.63, 3.8) is 0 Å². The number of anilines is 1. The molecule has 2 bridgehead atoms. The molecule has 5 nitrogen and oxygen atoms in total. The van der Waals surface area contributed by atoms with Gasteiger partial charge in [0.25, 0.3) is 0 Å². The second-order valence-corrected chi connectivity index (χ2v) is 8.80. The lowest BCUT2D eigenvalue weighted by Gasteiger charge is -2.29. The van der Waals surface area contributed by atoms with Crippen LogP contribution in [0.2, 0.25) is 0 Å². The van der Waals surface area contributed by atoms with Crippen molar-refractivity contribution in [1.29, 1.82) is 0 Å². The van der Waals surface area contributed by atoms with Gasteiger partial charge in [-0.25, -0.2) is 4.98 Å². The van der Waals surface area contributed by atoms with E-state index >= 15 is 0 Å². The molecule has 3 aliphatic rings. The van der Waals surface area contributed by atoms with Crippen LogP contribution >= 0.6 is 11.8 Å². The molecule has 3 aliphatic heterocycles. The molecular formula is C20H29N3O2S. The predicted octanol–water partition coefficient (Wildman–Crippen LogP) is 2.42. The molecule has 1 amide bonds. The fourth-order valence-electron chi connectivity index (χ4n) is 5.15. The Bertz CT molecular complexity index is 698. The molecule has 4 rings (SSSR count). The number of aromatic nitrogens is 1. The highest BCUT2D eigenvalue weighted by Gasteiger charge is 2.63. The van der Waals surface area contributed by atoms with Crippen molar-refractivity contribution in [3.8, 4) is 0 Å². The zero-order valence-corrected chi connectivity index (χ0v) is 16.8. The van der Waals surface area contributed by atoms with Crippen LogP contribution in [0.15, 0.2) is 12.1 Å². The molecule has 1 aromatic heterocycles. The van der Waals surface area contributed by atoms with E-state index in [4.69, 9.17) is 9.72 Å². The number of carbonyl (C=O) groups is 1. The maximum Gasteiger partial charge on any atom is 0.229 e. The third-order valence-electron chi connectivity index (χ3n) is 6.44. The lowest BCUT2D eigenvalue weighted by Crippen LogP contribution is -2.42. The highest BCUT2D eigenvalue weighted by atomic mass is 32.2. The van der Waals surface area contributed by atoms with Gasteiger partial charge in [0, 0.05) is 37.2 Å². The molecule has 0 saturated carbocycles. The standard InChI is InChI=1S/C20H29N3O2S/c1-4-16-13(2)5-6-18(22-16)23-10-15-14(9-21-19(24)11-26-3)17-7-8-20(15,12-23)25-17/h5-6,14-15,17H,4,7-12H2,1-3H3,(H,21,24)/t14-,15+,17+,20+/m0/s1. The van der Waals surface area contributed by atoms with E-state index in [9.17, 15) is 4.79 Å². The maximum atomic E-state index is 11.9. The van der Waals surface area contributed by atoms with Crippen LogP contribution < -0.4 is 10.2 Å². The first-order valence-electron chi connectivity index (χ1n) is 9.71. The Hall–Kier alpha value is -1.27. The van der Waals surface area contributed by atoms with E-state index < -0.39 is 0 Å². The van der Waals surface area contributed by atoms with E-state index in [0.29, 0.717) is 23.7 Å². The first kappa shape index (κ1) is 18.1. The Labute approximate surface area is 160 Å². The summed E-state index contributed by atoms with van der Waals surface area (Å²) in [4.78, 5) is 19.2. The zero-order valence-electron chi connectivity index (χ0n) is 16.0. The summed E-state index contributed by atoms with van der Waals surface area (Å²) in [6.07, 6.45) is 5.50. The molecule has 3 saturated heterocycles. The lowest BCUT2D eigenvalue weighted by atomic mass is 9.73. The van der Waals surface area contributed by atoms with E-state index in [2.05, 4.69) is 36.2 Å². The minimum absolute atomic E-state index is 0.0293. The molecule has 142 valence electrons. The number of ether oxygens (including phenoxy) is 1. The number of amides is 1. The Morgan fingerprint density at radius 3 is 3.12 bits per heavy atom. The Balaban J connectivity index is 1.49. The van der Waals surface area contributed by atoms with Crippen LogP contribution in [0.4, 0.5) is 5.82 Å². The van der Waals surface area contributed by atoms with Gasteiger partial charge in [-0.1, -0.05) is 13.0 Å². The van der Waals surface area contributed by atoms with Crippen LogP contribution in [0.3, 0.4) is 0 Å². The van der Waals surface area contributed by atoms with Crippen molar-refractivity contribution in [1.82, 2.24) is 10.3 Å². The number of thioether (sulfide) groups is 1. The minimum Gasteiger partial charge on any atom is -0.369 e. The summed E-state index contributed by atoms with van der Waals surface area (Å²) in [5.41, 5.74) is 2.42. The van der Waals surface area contributed by atoms with Gasteiger partial charge in [-0.05, 0) is 44.1 Å². The first-order valence-corrected chi connectivity index (χ1v) is 11.1.